The van der Waals surface area contributed by atoms with Crippen LogP contribution in [0.3, 0.4) is 0 Å². The lowest BCUT2D eigenvalue weighted by atomic mass is 10.1. The number of hydrogen-bond donors (Lipinski definition) is 1. The highest BCUT2D eigenvalue weighted by Gasteiger charge is 2.14. The predicted molar refractivity (Wildman–Crippen MR) is 174 cm³/mol. The van der Waals surface area contributed by atoms with Crippen LogP contribution >= 0.6 is 34.8 Å². The molecule has 0 saturated heterocycles. The summed E-state index contributed by atoms with van der Waals surface area (Å²) in [4.78, 5) is 12.8. The first-order valence-electron chi connectivity index (χ1n) is 13.5. The van der Waals surface area contributed by atoms with E-state index in [-0.39, 0.29) is 12.5 Å². The summed E-state index contributed by atoms with van der Waals surface area (Å²) in [5.41, 5.74) is 8.76. The first-order valence-corrected chi connectivity index (χ1v) is 14.7. The Kier molecular flexibility index (Phi) is 9.72. The van der Waals surface area contributed by atoms with Gasteiger partial charge in [0.25, 0.3) is 5.91 Å². The number of carbonyl (C=O) groups excluding carboxylic acids is 1. The molecule has 0 aliphatic carbocycles. The molecule has 1 heterocycles. The van der Waals surface area contributed by atoms with E-state index in [1.807, 2.05) is 43.3 Å². The van der Waals surface area contributed by atoms with E-state index in [0.717, 1.165) is 28.2 Å². The Labute approximate surface area is 265 Å². The summed E-state index contributed by atoms with van der Waals surface area (Å²) in [6, 6.07) is 30.4. The Balaban J connectivity index is 1.26. The number of aryl methyl sites for hydroxylation is 1. The maximum atomic E-state index is 12.8. The van der Waals surface area contributed by atoms with Gasteiger partial charge in [-0.1, -0.05) is 71.2 Å². The number of hydrogen-bond acceptors (Lipinski definition) is 4. The normalized spacial score (nSPS) is 11.1. The molecule has 5 aromatic rings. The van der Waals surface area contributed by atoms with E-state index in [1.54, 1.807) is 36.4 Å². The molecule has 6 nitrogen and oxygen atoms in total. The smallest absolute Gasteiger partial charge is 0.271 e. The van der Waals surface area contributed by atoms with Crippen LogP contribution < -0.4 is 14.9 Å². The van der Waals surface area contributed by atoms with Gasteiger partial charge in [-0.3, -0.25) is 4.79 Å². The molecule has 0 radical (unpaired) electrons. The van der Waals surface area contributed by atoms with Crippen LogP contribution in [0.1, 0.15) is 34.1 Å². The second kappa shape index (κ2) is 13.8. The lowest BCUT2D eigenvalue weighted by Crippen LogP contribution is -2.17. The molecule has 218 valence electrons. The number of nitrogens with one attached hydrogen (secondary N) is 1. The first kappa shape index (κ1) is 30.2. The highest BCUT2D eigenvalue weighted by Crippen LogP contribution is 2.37. The molecule has 5 rings (SSSR count). The molecular weight excluding hydrogens is 605 g/mol. The van der Waals surface area contributed by atoms with Gasteiger partial charge in [0.1, 0.15) is 6.61 Å². The highest BCUT2D eigenvalue weighted by molar-refractivity contribution is 6.42. The van der Waals surface area contributed by atoms with E-state index in [2.05, 4.69) is 46.3 Å². The first-order chi connectivity index (χ1) is 20.8. The molecule has 43 heavy (non-hydrogen) atoms. The molecular formula is C34H28Cl3N3O3. The summed E-state index contributed by atoms with van der Waals surface area (Å²) in [6.07, 6.45) is 1.50. The van der Waals surface area contributed by atoms with E-state index in [4.69, 9.17) is 44.3 Å². The van der Waals surface area contributed by atoms with Crippen LogP contribution in [0.4, 0.5) is 0 Å². The van der Waals surface area contributed by atoms with Crippen LogP contribution in [0.25, 0.3) is 16.9 Å². The number of ether oxygens (including phenoxy) is 2. The number of rotatable bonds is 10. The SMILES string of the molecule is CCOc1cc(/C=N/NC(=O)c2ccc(-n3c(C)ccc3-c3ccccc3)cc2)cc(Cl)c1OCc1ccc(Cl)c(Cl)c1. The highest BCUT2D eigenvalue weighted by atomic mass is 35.5. The van der Waals surface area contributed by atoms with Crippen molar-refractivity contribution < 1.29 is 14.3 Å². The standard InChI is InChI=1S/C34H28Cl3N3O3/c1-3-42-32-19-24(18-30(37)33(32)43-21-23-10-15-28(35)29(36)17-23)20-38-39-34(41)26-11-13-27(14-12-26)40-22(2)9-16-31(40)25-7-5-4-6-8-25/h4-20H,3,21H2,1-2H3,(H,39,41)/b38-20+. The van der Waals surface area contributed by atoms with E-state index in [9.17, 15) is 4.79 Å². The molecule has 1 N–H and O–H groups in total. The molecule has 0 spiro atoms. The zero-order chi connectivity index (χ0) is 30.3. The molecule has 0 unspecified atom stereocenters. The summed E-state index contributed by atoms with van der Waals surface area (Å²) in [6.45, 7) is 4.54. The number of carbonyl (C=O) groups is 1. The van der Waals surface area contributed by atoms with Crippen LogP contribution in [-0.2, 0) is 6.61 Å². The Morgan fingerprint density at radius 2 is 1.63 bits per heavy atom. The number of benzene rings is 4. The number of halogens is 3. The molecule has 0 atom stereocenters. The fourth-order valence-corrected chi connectivity index (χ4v) is 5.15. The summed E-state index contributed by atoms with van der Waals surface area (Å²) >= 11 is 18.7. The summed E-state index contributed by atoms with van der Waals surface area (Å²) in [5, 5.41) is 5.38. The van der Waals surface area contributed by atoms with Crippen LogP contribution in [-0.4, -0.2) is 23.3 Å². The topological polar surface area (TPSA) is 64.8 Å². The average molecular weight is 633 g/mol. The largest absolute Gasteiger partial charge is 0.490 e. The van der Waals surface area contributed by atoms with Crippen molar-refractivity contribution >= 4 is 46.9 Å². The molecule has 0 bridgehead atoms. The summed E-state index contributed by atoms with van der Waals surface area (Å²) in [5.74, 6) is 0.505. The molecule has 1 amide bonds. The number of amides is 1. The van der Waals surface area contributed by atoms with Gasteiger partial charge in [0, 0.05) is 16.9 Å². The van der Waals surface area contributed by atoms with Crippen LogP contribution in [0.5, 0.6) is 11.5 Å². The zero-order valence-electron chi connectivity index (χ0n) is 23.5. The number of nitrogens with zero attached hydrogens (tertiary/aromatic N) is 2. The van der Waals surface area contributed by atoms with Gasteiger partial charge >= 0.3 is 0 Å². The van der Waals surface area contributed by atoms with Crippen LogP contribution in [0.15, 0.2) is 102 Å². The number of aromatic nitrogens is 1. The second-order valence-corrected chi connectivity index (χ2v) is 10.8. The van der Waals surface area contributed by atoms with E-state index >= 15 is 0 Å². The minimum atomic E-state index is -0.340. The third-order valence-corrected chi connectivity index (χ3v) is 7.63. The van der Waals surface area contributed by atoms with Gasteiger partial charge in [0.05, 0.1) is 33.6 Å². The van der Waals surface area contributed by atoms with Crippen LogP contribution in [0.2, 0.25) is 15.1 Å². The third-order valence-electron chi connectivity index (χ3n) is 6.61. The molecule has 9 heteroatoms. The quantitative estimate of drug-likeness (QED) is 0.123. The van der Waals surface area contributed by atoms with Gasteiger partial charge in [-0.25, -0.2) is 5.43 Å². The van der Waals surface area contributed by atoms with Gasteiger partial charge in [-0.2, -0.15) is 5.10 Å². The lowest BCUT2D eigenvalue weighted by molar-refractivity contribution is 0.0955. The van der Waals surface area contributed by atoms with Crippen molar-refractivity contribution in [2.75, 3.05) is 6.61 Å². The van der Waals surface area contributed by atoms with Gasteiger partial charge in [-0.05, 0) is 91.2 Å². The van der Waals surface area contributed by atoms with Gasteiger partial charge < -0.3 is 14.0 Å². The van der Waals surface area contributed by atoms with Crippen molar-refractivity contribution in [1.82, 2.24) is 9.99 Å². The van der Waals surface area contributed by atoms with Crippen molar-refractivity contribution in [1.29, 1.82) is 0 Å². The molecule has 4 aromatic carbocycles. The number of hydrazone groups is 1. The molecule has 0 saturated carbocycles. The van der Waals surface area contributed by atoms with E-state index < -0.39 is 0 Å². The fraction of sp³-hybridized carbons (Fsp3) is 0.118. The molecule has 0 aliphatic heterocycles. The zero-order valence-corrected chi connectivity index (χ0v) is 25.8. The molecule has 1 aromatic heterocycles. The maximum absolute atomic E-state index is 12.8. The fourth-order valence-electron chi connectivity index (χ4n) is 4.56. The lowest BCUT2D eigenvalue weighted by Gasteiger charge is -2.14. The van der Waals surface area contributed by atoms with Crippen molar-refractivity contribution in [2.45, 2.75) is 20.5 Å². The van der Waals surface area contributed by atoms with Crippen molar-refractivity contribution in [2.24, 2.45) is 5.10 Å². The maximum Gasteiger partial charge on any atom is 0.271 e. The summed E-state index contributed by atoms with van der Waals surface area (Å²) in [7, 11) is 0. The van der Waals surface area contributed by atoms with Crippen molar-refractivity contribution in [3.8, 4) is 28.4 Å². The van der Waals surface area contributed by atoms with Gasteiger partial charge in [-0.15, -0.1) is 0 Å². The van der Waals surface area contributed by atoms with Crippen LogP contribution in [0, 0.1) is 6.92 Å². The third kappa shape index (κ3) is 7.23. The monoisotopic (exact) mass is 631 g/mol. The second-order valence-electron chi connectivity index (χ2n) is 9.61. The van der Waals surface area contributed by atoms with Crippen molar-refractivity contribution in [3.05, 3.63) is 135 Å². The molecule has 0 aliphatic rings. The minimum absolute atomic E-state index is 0.219. The van der Waals surface area contributed by atoms with Gasteiger partial charge in [0.2, 0.25) is 0 Å². The minimum Gasteiger partial charge on any atom is -0.490 e. The Bertz CT molecular complexity index is 1770. The Morgan fingerprint density at radius 1 is 0.860 bits per heavy atom. The van der Waals surface area contributed by atoms with E-state index in [1.165, 1.54) is 6.21 Å². The predicted octanol–water partition coefficient (Wildman–Crippen LogP) is 9.15. The molecule has 0 fully saturated rings. The Hall–Kier alpha value is -4.23. The van der Waals surface area contributed by atoms with Gasteiger partial charge in [0.15, 0.2) is 11.5 Å². The Morgan fingerprint density at radius 3 is 2.35 bits per heavy atom. The van der Waals surface area contributed by atoms with Crippen molar-refractivity contribution in [3.63, 3.8) is 0 Å². The summed E-state index contributed by atoms with van der Waals surface area (Å²) < 4.78 is 13.9. The van der Waals surface area contributed by atoms with E-state index in [0.29, 0.717) is 44.3 Å². The average Bonchev–Trinajstić information content (AvgIpc) is 3.40.